The third-order valence-electron chi connectivity index (χ3n) is 4.72. The Labute approximate surface area is 129 Å². The molecule has 0 bridgehead atoms. The van der Waals surface area contributed by atoms with Crippen LogP contribution in [0.4, 0.5) is 0 Å². The van der Waals surface area contributed by atoms with Crippen LogP contribution in [0.25, 0.3) is 0 Å². The number of ether oxygens (including phenoxy) is 1. The summed E-state index contributed by atoms with van der Waals surface area (Å²) in [6.45, 7) is 10.5. The largest absolute Gasteiger partial charge is 0.380 e. The highest BCUT2D eigenvalue weighted by Gasteiger charge is 2.33. The van der Waals surface area contributed by atoms with Crippen molar-refractivity contribution in [3.8, 4) is 0 Å². The molecular formula is C16H32N4O. The molecule has 5 nitrogen and oxygen atoms in total. The number of hydrogen-bond acceptors (Lipinski definition) is 3. The molecule has 2 fully saturated rings. The molecule has 2 aliphatic heterocycles. The topological polar surface area (TPSA) is 48.9 Å². The maximum Gasteiger partial charge on any atom is 0.191 e. The van der Waals surface area contributed by atoms with E-state index in [0.717, 1.165) is 44.8 Å². The minimum absolute atomic E-state index is 0.276. The maximum atomic E-state index is 5.28. The molecule has 1 atom stereocenters. The van der Waals surface area contributed by atoms with Gasteiger partial charge in [-0.3, -0.25) is 9.89 Å². The van der Waals surface area contributed by atoms with Crippen LogP contribution in [0.1, 0.15) is 39.5 Å². The van der Waals surface area contributed by atoms with Gasteiger partial charge in [-0.2, -0.15) is 0 Å². The Morgan fingerprint density at radius 2 is 2.14 bits per heavy atom. The average Bonchev–Trinajstić information content (AvgIpc) is 2.49. The lowest BCUT2D eigenvalue weighted by molar-refractivity contribution is -0.0971. The zero-order valence-corrected chi connectivity index (χ0v) is 14.0. The molecule has 0 aromatic carbocycles. The van der Waals surface area contributed by atoms with Gasteiger partial charge >= 0.3 is 0 Å². The molecule has 0 aliphatic carbocycles. The zero-order chi connectivity index (χ0) is 15.1. The van der Waals surface area contributed by atoms with Crippen molar-refractivity contribution in [1.82, 2.24) is 15.5 Å². The number of nitrogens with zero attached hydrogens (tertiary/aromatic N) is 2. The Bertz CT molecular complexity index is 341. The Hall–Kier alpha value is -0.810. The van der Waals surface area contributed by atoms with E-state index in [1.54, 1.807) is 0 Å². The summed E-state index contributed by atoms with van der Waals surface area (Å²) in [7, 11) is 1.84. The van der Waals surface area contributed by atoms with Gasteiger partial charge in [0.25, 0.3) is 0 Å². The lowest BCUT2D eigenvalue weighted by Crippen LogP contribution is -2.52. The number of rotatable bonds is 6. The van der Waals surface area contributed by atoms with Crippen LogP contribution in [0, 0.1) is 5.41 Å². The highest BCUT2D eigenvalue weighted by molar-refractivity contribution is 5.79. The van der Waals surface area contributed by atoms with Gasteiger partial charge in [0.15, 0.2) is 5.96 Å². The fraction of sp³-hybridized carbons (Fsp3) is 0.938. The predicted octanol–water partition coefficient (Wildman–Crippen LogP) is 1.45. The van der Waals surface area contributed by atoms with Gasteiger partial charge in [-0.1, -0.05) is 20.3 Å². The normalized spacial score (nSPS) is 26.2. The Kier molecular flexibility index (Phi) is 6.30. The summed E-state index contributed by atoms with van der Waals surface area (Å²) in [5.74, 6) is 0.910. The van der Waals surface area contributed by atoms with Crippen LogP contribution in [-0.4, -0.2) is 63.3 Å². The fourth-order valence-corrected chi connectivity index (χ4v) is 3.20. The van der Waals surface area contributed by atoms with Gasteiger partial charge in [0, 0.05) is 38.1 Å². The number of piperidine rings is 1. The highest BCUT2D eigenvalue weighted by atomic mass is 16.5. The van der Waals surface area contributed by atoms with Crippen molar-refractivity contribution in [1.29, 1.82) is 0 Å². The monoisotopic (exact) mass is 296 g/mol. The summed E-state index contributed by atoms with van der Waals surface area (Å²) in [6.07, 6.45) is 5.38. The Morgan fingerprint density at radius 1 is 1.33 bits per heavy atom. The van der Waals surface area contributed by atoms with Crippen molar-refractivity contribution in [2.45, 2.75) is 45.6 Å². The first-order chi connectivity index (χ1) is 10.2. The van der Waals surface area contributed by atoms with E-state index < -0.39 is 0 Å². The maximum absolute atomic E-state index is 5.28. The molecule has 0 radical (unpaired) electrons. The molecule has 5 heteroatoms. The molecule has 0 spiro atoms. The summed E-state index contributed by atoms with van der Waals surface area (Å²) >= 11 is 0. The molecule has 0 saturated carbocycles. The molecule has 2 saturated heterocycles. The summed E-state index contributed by atoms with van der Waals surface area (Å²) in [4.78, 5) is 6.94. The number of nitrogens with one attached hydrogen (secondary N) is 2. The quantitative estimate of drug-likeness (QED) is 0.575. The van der Waals surface area contributed by atoms with Crippen molar-refractivity contribution in [3.05, 3.63) is 0 Å². The Morgan fingerprint density at radius 3 is 2.76 bits per heavy atom. The molecule has 2 heterocycles. The summed E-state index contributed by atoms with van der Waals surface area (Å²) in [6, 6.07) is 0.779. The van der Waals surface area contributed by atoms with Crippen molar-refractivity contribution < 1.29 is 4.74 Å². The van der Waals surface area contributed by atoms with Gasteiger partial charge in [0.1, 0.15) is 0 Å². The molecule has 122 valence electrons. The lowest BCUT2D eigenvalue weighted by Gasteiger charge is -2.38. The first-order valence-corrected chi connectivity index (χ1v) is 8.43. The average molecular weight is 296 g/mol. The Balaban J connectivity index is 1.65. The van der Waals surface area contributed by atoms with Crippen molar-refractivity contribution >= 4 is 5.96 Å². The first kappa shape index (κ1) is 16.6. The summed E-state index contributed by atoms with van der Waals surface area (Å²) in [5, 5.41) is 6.85. The highest BCUT2D eigenvalue weighted by Crippen LogP contribution is 2.24. The molecule has 0 amide bonds. The molecular weight excluding hydrogens is 264 g/mol. The molecule has 0 aromatic rings. The summed E-state index contributed by atoms with van der Waals surface area (Å²) < 4.78 is 5.28. The number of likely N-dealkylation sites (tertiary alicyclic amines) is 1. The minimum atomic E-state index is 0.276. The van der Waals surface area contributed by atoms with Crippen molar-refractivity contribution in [3.63, 3.8) is 0 Å². The van der Waals surface area contributed by atoms with Crippen LogP contribution in [0.2, 0.25) is 0 Å². The summed E-state index contributed by atoms with van der Waals surface area (Å²) in [5.41, 5.74) is 0.276. The number of hydrogen-bond donors (Lipinski definition) is 2. The lowest BCUT2D eigenvalue weighted by atomic mass is 9.89. The molecule has 2 rings (SSSR count). The van der Waals surface area contributed by atoms with Crippen LogP contribution in [0.15, 0.2) is 4.99 Å². The number of aliphatic imine (C=N–C) groups is 1. The van der Waals surface area contributed by atoms with E-state index in [9.17, 15) is 0 Å². The minimum Gasteiger partial charge on any atom is -0.380 e. The van der Waals surface area contributed by atoms with Gasteiger partial charge in [0.2, 0.25) is 0 Å². The van der Waals surface area contributed by atoms with Crippen LogP contribution in [0.5, 0.6) is 0 Å². The zero-order valence-electron chi connectivity index (χ0n) is 14.0. The third-order valence-corrected chi connectivity index (χ3v) is 4.72. The van der Waals surface area contributed by atoms with E-state index in [1.807, 2.05) is 7.05 Å². The SMILES string of the molecule is CCC1CCCCN1CCNC(=NC)NCC1(C)COC1. The molecule has 2 N–H and O–H groups in total. The second-order valence-corrected chi connectivity index (χ2v) is 6.75. The standard InChI is InChI=1S/C16H32N4O/c1-4-14-7-5-6-9-20(14)10-8-18-15(17-3)19-11-16(2)12-21-13-16/h14H,4-13H2,1-3H3,(H2,17,18,19). The second kappa shape index (κ2) is 7.99. The second-order valence-electron chi connectivity index (χ2n) is 6.75. The van der Waals surface area contributed by atoms with Gasteiger partial charge < -0.3 is 15.4 Å². The van der Waals surface area contributed by atoms with Crippen LogP contribution in [0.3, 0.4) is 0 Å². The van der Waals surface area contributed by atoms with Gasteiger partial charge in [0.05, 0.1) is 13.2 Å². The third kappa shape index (κ3) is 4.85. The number of guanidine groups is 1. The van der Waals surface area contributed by atoms with Crippen molar-refractivity contribution in [2.24, 2.45) is 10.4 Å². The van der Waals surface area contributed by atoms with E-state index in [-0.39, 0.29) is 5.41 Å². The first-order valence-electron chi connectivity index (χ1n) is 8.43. The molecule has 0 aromatic heterocycles. The van der Waals surface area contributed by atoms with Crippen LogP contribution in [-0.2, 0) is 4.74 Å². The molecule has 2 aliphatic rings. The molecule has 21 heavy (non-hydrogen) atoms. The van der Waals surface area contributed by atoms with Crippen LogP contribution < -0.4 is 10.6 Å². The molecule has 1 unspecified atom stereocenters. The van der Waals surface area contributed by atoms with E-state index in [1.165, 1.54) is 32.2 Å². The van der Waals surface area contributed by atoms with E-state index >= 15 is 0 Å². The van der Waals surface area contributed by atoms with Gasteiger partial charge in [-0.15, -0.1) is 0 Å². The van der Waals surface area contributed by atoms with Crippen LogP contribution >= 0.6 is 0 Å². The van der Waals surface area contributed by atoms with E-state index in [0.29, 0.717) is 0 Å². The van der Waals surface area contributed by atoms with Gasteiger partial charge in [-0.25, -0.2) is 0 Å². The predicted molar refractivity (Wildman–Crippen MR) is 87.8 cm³/mol. The van der Waals surface area contributed by atoms with Gasteiger partial charge in [-0.05, 0) is 25.8 Å². The smallest absolute Gasteiger partial charge is 0.191 e. The van der Waals surface area contributed by atoms with E-state index in [2.05, 4.69) is 34.4 Å². The van der Waals surface area contributed by atoms with E-state index in [4.69, 9.17) is 4.74 Å². The fourth-order valence-electron chi connectivity index (χ4n) is 3.20. The van der Waals surface area contributed by atoms with Crippen molar-refractivity contribution in [2.75, 3.05) is 46.4 Å².